The molecule has 5 nitrogen and oxygen atoms in total. The normalized spacial score (nSPS) is 16.5. The van der Waals surface area contributed by atoms with Crippen molar-refractivity contribution < 1.29 is 9.90 Å². The predicted molar refractivity (Wildman–Crippen MR) is 106 cm³/mol. The van der Waals surface area contributed by atoms with E-state index in [-0.39, 0.29) is 17.9 Å². The van der Waals surface area contributed by atoms with E-state index in [0.29, 0.717) is 32.5 Å². The fourth-order valence-corrected chi connectivity index (χ4v) is 4.17. The average Bonchev–Trinajstić information content (AvgIpc) is 2.95. The summed E-state index contributed by atoms with van der Waals surface area (Å²) in [6.07, 6.45) is 1.03. The number of hydrogen-bond acceptors (Lipinski definition) is 5. The highest BCUT2D eigenvalue weighted by molar-refractivity contribution is 7.15. The molecular weight excluding hydrogens is 346 g/mol. The molecule has 1 atom stereocenters. The van der Waals surface area contributed by atoms with Crippen molar-refractivity contribution in [1.82, 2.24) is 9.88 Å². The first-order valence-corrected chi connectivity index (χ1v) is 9.97. The Morgan fingerprint density at radius 3 is 2.62 bits per heavy atom. The molecule has 1 unspecified atom stereocenters. The Morgan fingerprint density at radius 1 is 1.31 bits per heavy atom. The Kier molecular flexibility index (Phi) is 5.94. The van der Waals surface area contributed by atoms with Gasteiger partial charge in [-0.25, -0.2) is 4.98 Å². The Hall–Kier alpha value is -1.92. The van der Waals surface area contributed by atoms with E-state index in [0.717, 1.165) is 22.0 Å². The second-order valence-electron chi connectivity index (χ2n) is 7.01. The maximum absolute atomic E-state index is 13.2. The van der Waals surface area contributed by atoms with Crippen molar-refractivity contribution in [2.75, 3.05) is 25.0 Å². The third-order valence-corrected chi connectivity index (χ3v) is 6.15. The van der Waals surface area contributed by atoms with Gasteiger partial charge in [0.2, 0.25) is 5.91 Å². The summed E-state index contributed by atoms with van der Waals surface area (Å²) >= 11 is 1.62. The van der Waals surface area contributed by atoms with Crippen molar-refractivity contribution in [3.63, 3.8) is 0 Å². The zero-order chi connectivity index (χ0) is 18.7. The van der Waals surface area contributed by atoms with Gasteiger partial charge < -0.3 is 15.3 Å². The van der Waals surface area contributed by atoms with Crippen LogP contribution in [0.5, 0.6) is 0 Å². The van der Waals surface area contributed by atoms with Crippen LogP contribution in [-0.4, -0.2) is 46.6 Å². The first kappa shape index (κ1) is 18.9. The van der Waals surface area contributed by atoms with Crippen molar-refractivity contribution in [2.45, 2.75) is 45.6 Å². The number of nitrogens with one attached hydrogen (secondary N) is 1. The molecule has 26 heavy (non-hydrogen) atoms. The van der Waals surface area contributed by atoms with E-state index in [4.69, 9.17) is 0 Å². The van der Waals surface area contributed by atoms with Crippen LogP contribution in [0.2, 0.25) is 0 Å². The Bertz CT molecular complexity index is 747. The maximum Gasteiger partial charge on any atom is 0.231 e. The second kappa shape index (κ2) is 8.18. The number of benzene rings is 1. The molecule has 2 heterocycles. The molecule has 3 rings (SSSR count). The van der Waals surface area contributed by atoms with E-state index in [1.807, 2.05) is 43.0 Å². The van der Waals surface area contributed by atoms with Gasteiger partial charge in [0, 0.05) is 24.5 Å². The number of carbonyl (C=O) groups is 1. The first-order valence-electron chi connectivity index (χ1n) is 9.16. The number of hydrogen-bond donors (Lipinski definition) is 2. The molecule has 0 radical (unpaired) electrons. The van der Waals surface area contributed by atoms with Crippen LogP contribution in [0.3, 0.4) is 0 Å². The number of carbonyl (C=O) groups excluding carboxylic acids is 1. The third kappa shape index (κ3) is 4.24. The Balaban J connectivity index is 1.79. The van der Waals surface area contributed by atoms with E-state index >= 15 is 0 Å². The SMILES string of the molecule is Cc1ccccc1C(CNc1nc(C)c(C)s1)C(=O)N1CCC(O)CC1. The van der Waals surface area contributed by atoms with Crippen molar-refractivity contribution in [3.05, 3.63) is 46.0 Å². The minimum atomic E-state index is -0.282. The van der Waals surface area contributed by atoms with Crippen LogP contribution in [0, 0.1) is 20.8 Å². The lowest BCUT2D eigenvalue weighted by atomic mass is 9.92. The number of aromatic nitrogens is 1. The van der Waals surface area contributed by atoms with Gasteiger partial charge >= 0.3 is 0 Å². The highest BCUT2D eigenvalue weighted by Crippen LogP contribution is 2.27. The van der Waals surface area contributed by atoms with Crippen LogP contribution in [-0.2, 0) is 4.79 Å². The molecule has 1 saturated heterocycles. The summed E-state index contributed by atoms with van der Waals surface area (Å²) in [7, 11) is 0. The summed E-state index contributed by atoms with van der Waals surface area (Å²) in [5.41, 5.74) is 3.21. The van der Waals surface area contributed by atoms with E-state index < -0.39 is 0 Å². The van der Waals surface area contributed by atoms with Crippen molar-refractivity contribution in [1.29, 1.82) is 0 Å². The minimum Gasteiger partial charge on any atom is -0.393 e. The van der Waals surface area contributed by atoms with E-state index in [2.05, 4.69) is 17.2 Å². The van der Waals surface area contributed by atoms with E-state index in [1.165, 1.54) is 4.88 Å². The lowest BCUT2D eigenvalue weighted by Gasteiger charge is -2.33. The quantitative estimate of drug-likeness (QED) is 0.844. The minimum absolute atomic E-state index is 0.128. The standard InChI is InChI=1S/C20H27N3O2S/c1-13-6-4-5-7-17(13)18(12-21-20-22-14(2)15(3)26-20)19(25)23-10-8-16(24)9-11-23/h4-7,16,18,24H,8-12H2,1-3H3,(H,21,22). The maximum atomic E-state index is 13.2. The second-order valence-corrected chi connectivity index (χ2v) is 8.21. The van der Waals surface area contributed by atoms with Gasteiger partial charge in [-0.15, -0.1) is 11.3 Å². The number of amides is 1. The van der Waals surface area contributed by atoms with Gasteiger partial charge in [-0.2, -0.15) is 0 Å². The highest BCUT2D eigenvalue weighted by Gasteiger charge is 2.29. The van der Waals surface area contributed by atoms with Crippen LogP contribution in [0.15, 0.2) is 24.3 Å². The molecule has 0 saturated carbocycles. The number of anilines is 1. The number of thiazole rings is 1. The molecule has 1 aliphatic rings. The van der Waals surface area contributed by atoms with Crippen LogP contribution >= 0.6 is 11.3 Å². The molecule has 1 fully saturated rings. The molecule has 1 aromatic carbocycles. The summed E-state index contributed by atoms with van der Waals surface area (Å²) in [5.74, 6) is -0.125. The summed E-state index contributed by atoms with van der Waals surface area (Å²) < 4.78 is 0. The number of rotatable bonds is 5. The molecule has 0 bridgehead atoms. The van der Waals surface area contributed by atoms with Gasteiger partial charge in [0.05, 0.1) is 17.7 Å². The number of aryl methyl sites for hydroxylation is 3. The largest absolute Gasteiger partial charge is 0.393 e. The van der Waals surface area contributed by atoms with Crippen LogP contribution < -0.4 is 5.32 Å². The first-order chi connectivity index (χ1) is 12.5. The molecule has 2 aromatic rings. The predicted octanol–water partition coefficient (Wildman–Crippen LogP) is 3.25. The monoisotopic (exact) mass is 373 g/mol. The molecule has 0 aliphatic carbocycles. The topological polar surface area (TPSA) is 65.5 Å². The van der Waals surface area contributed by atoms with Gasteiger partial charge in [0.25, 0.3) is 0 Å². The van der Waals surface area contributed by atoms with E-state index in [1.54, 1.807) is 11.3 Å². The lowest BCUT2D eigenvalue weighted by Crippen LogP contribution is -2.43. The van der Waals surface area contributed by atoms with Gasteiger partial charge in [0.1, 0.15) is 0 Å². The zero-order valence-electron chi connectivity index (χ0n) is 15.7. The molecule has 1 amide bonds. The van der Waals surface area contributed by atoms with Crippen LogP contribution in [0.1, 0.15) is 40.5 Å². The molecule has 2 N–H and O–H groups in total. The summed E-state index contributed by atoms with van der Waals surface area (Å²) in [5, 5.41) is 14.0. The smallest absolute Gasteiger partial charge is 0.231 e. The van der Waals surface area contributed by atoms with Crippen molar-refractivity contribution in [2.24, 2.45) is 0 Å². The number of nitrogens with zero attached hydrogens (tertiary/aromatic N) is 2. The summed E-state index contributed by atoms with van der Waals surface area (Å²) in [6.45, 7) is 7.87. The highest BCUT2D eigenvalue weighted by atomic mass is 32.1. The number of aliphatic hydroxyl groups is 1. The fraction of sp³-hybridized carbons (Fsp3) is 0.500. The fourth-order valence-electron chi connectivity index (χ4n) is 3.35. The molecule has 140 valence electrons. The number of likely N-dealkylation sites (tertiary alicyclic amines) is 1. The molecule has 6 heteroatoms. The van der Waals surface area contributed by atoms with Gasteiger partial charge in [0.15, 0.2) is 5.13 Å². The van der Waals surface area contributed by atoms with Gasteiger partial charge in [-0.05, 0) is 44.7 Å². The Labute approximate surface area is 159 Å². The lowest BCUT2D eigenvalue weighted by molar-refractivity contribution is -0.134. The summed E-state index contributed by atoms with van der Waals surface area (Å²) in [4.78, 5) is 20.9. The van der Waals surface area contributed by atoms with E-state index in [9.17, 15) is 9.90 Å². The summed E-state index contributed by atoms with van der Waals surface area (Å²) in [6, 6.07) is 8.07. The van der Waals surface area contributed by atoms with Crippen LogP contribution in [0.25, 0.3) is 0 Å². The molecule has 1 aliphatic heterocycles. The van der Waals surface area contributed by atoms with Gasteiger partial charge in [-0.3, -0.25) is 4.79 Å². The molecular formula is C20H27N3O2S. The zero-order valence-corrected chi connectivity index (χ0v) is 16.5. The Morgan fingerprint density at radius 2 is 2.00 bits per heavy atom. The molecule has 0 spiro atoms. The molecule has 1 aromatic heterocycles. The average molecular weight is 374 g/mol. The van der Waals surface area contributed by atoms with Crippen molar-refractivity contribution >= 4 is 22.4 Å². The van der Waals surface area contributed by atoms with Crippen LogP contribution in [0.4, 0.5) is 5.13 Å². The number of piperidine rings is 1. The third-order valence-electron chi connectivity index (χ3n) is 5.12. The number of aliphatic hydroxyl groups excluding tert-OH is 1. The van der Waals surface area contributed by atoms with Crippen molar-refractivity contribution in [3.8, 4) is 0 Å². The van der Waals surface area contributed by atoms with Gasteiger partial charge in [-0.1, -0.05) is 24.3 Å².